The van der Waals surface area contributed by atoms with Gasteiger partial charge in [-0.25, -0.2) is 14.5 Å². The van der Waals surface area contributed by atoms with E-state index in [1.807, 2.05) is 26.0 Å². The summed E-state index contributed by atoms with van der Waals surface area (Å²) in [5.41, 5.74) is 2.97. The molecule has 1 saturated heterocycles. The number of ether oxygens (including phenoxy) is 1. The van der Waals surface area contributed by atoms with Gasteiger partial charge in [-0.3, -0.25) is 9.69 Å². The van der Waals surface area contributed by atoms with E-state index in [9.17, 15) is 22.8 Å². The predicted octanol–water partition coefficient (Wildman–Crippen LogP) is 7.28. The molecule has 9 nitrogen and oxygen atoms in total. The van der Waals surface area contributed by atoms with Crippen LogP contribution < -0.4 is 15.0 Å². The number of carbonyl (C=O) groups excluding carboxylic acids is 2. The second-order valence-corrected chi connectivity index (χ2v) is 10.7. The summed E-state index contributed by atoms with van der Waals surface area (Å²) in [6.45, 7) is 3.98. The van der Waals surface area contributed by atoms with Crippen LogP contribution in [0.3, 0.4) is 0 Å². The number of anilines is 2. The first-order valence-corrected chi connectivity index (χ1v) is 13.9. The molecule has 216 valence electrons. The van der Waals surface area contributed by atoms with E-state index >= 15 is 0 Å². The summed E-state index contributed by atoms with van der Waals surface area (Å²) >= 11 is 7.62. The van der Waals surface area contributed by atoms with E-state index in [-0.39, 0.29) is 28.5 Å². The van der Waals surface area contributed by atoms with Crippen LogP contribution in [0.15, 0.2) is 78.0 Å². The number of thioether (sulfide) groups is 1. The number of nitrogens with one attached hydrogen (secondary N) is 1. The fourth-order valence-electron chi connectivity index (χ4n) is 4.16. The average Bonchev–Trinajstić information content (AvgIpc) is 3.56. The first-order valence-electron chi connectivity index (χ1n) is 12.5. The van der Waals surface area contributed by atoms with Crippen LogP contribution in [0.5, 0.6) is 5.75 Å². The summed E-state index contributed by atoms with van der Waals surface area (Å²) in [6, 6.07) is 16.6. The van der Waals surface area contributed by atoms with Gasteiger partial charge in [0.15, 0.2) is 11.0 Å². The Balaban J connectivity index is 1.28. The molecule has 0 saturated carbocycles. The second-order valence-electron chi connectivity index (χ2n) is 9.31. The zero-order chi connectivity index (χ0) is 30.0. The molecule has 42 heavy (non-hydrogen) atoms. The number of aliphatic imine (C=N–C) groups is 1. The third kappa shape index (κ3) is 6.58. The third-order valence-corrected chi connectivity index (χ3v) is 7.28. The van der Waals surface area contributed by atoms with Crippen molar-refractivity contribution in [3.63, 3.8) is 0 Å². The topological polar surface area (TPSA) is 102 Å². The number of amidine groups is 1. The fraction of sp³-hybridized carbons (Fsp3) is 0.179. The maximum absolute atomic E-state index is 12.8. The molecule has 0 bridgehead atoms. The maximum Gasteiger partial charge on any atom is 0.573 e. The van der Waals surface area contributed by atoms with Crippen molar-refractivity contribution in [2.24, 2.45) is 4.99 Å². The molecule has 0 atom stereocenters. The zero-order valence-corrected chi connectivity index (χ0v) is 23.7. The standard InChI is InChI=1S/C28H22ClF3N6O3S/c1-16(2)21-4-3-5-22(29)24(21)38-23(39)14-42-27(38)35-26(40)34-18-8-6-17(7-9-18)25-33-15-37(36-25)19-10-12-20(13-11-19)41-28(30,31)32/h3-13,15-16H,14H2,1-2H3,(H,34,40)/b35-27-. The number of hydrogen-bond acceptors (Lipinski definition) is 6. The van der Waals surface area contributed by atoms with E-state index in [1.165, 1.54) is 40.2 Å². The lowest BCUT2D eigenvalue weighted by molar-refractivity contribution is -0.274. The number of rotatable bonds is 6. The quantitative estimate of drug-likeness (QED) is 0.245. The van der Waals surface area contributed by atoms with Crippen LogP contribution in [-0.2, 0) is 4.79 Å². The van der Waals surface area contributed by atoms with Gasteiger partial charge in [-0.1, -0.05) is 49.3 Å². The summed E-state index contributed by atoms with van der Waals surface area (Å²) in [4.78, 5) is 35.3. The van der Waals surface area contributed by atoms with Crippen LogP contribution >= 0.6 is 23.4 Å². The number of halogens is 4. The van der Waals surface area contributed by atoms with E-state index in [4.69, 9.17) is 11.6 Å². The zero-order valence-electron chi connectivity index (χ0n) is 22.1. The molecule has 3 aromatic carbocycles. The minimum atomic E-state index is -4.77. The van der Waals surface area contributed by atoms with Crippen molar-refractivity contribution in [3.05, 3.63) is 83.6 Å². The van der Waals surface area contributed by atoms with Gasteiger partial charge in [-0.2, -0.15) is 4.99 Å². The first-order chi connectivity index (χ1) is 20.0. The lowest BCUT2D eigenvalue weighted by Gasteiger charge is -2.22. The molecule has 1 aromatic heterocycles. The molecule has 2 heterocycles. The largest absolute Gasteiger partial charge is 0.573 e. The number of hydrogen-bond donors (Lipinski definition) is 1. The molecule has 14 heteroatoms. The van der Waals surface area contributed by atoms with Gasteiger partial charge in [-0.05, 0) is 66.1 Å². The summed E-state index contributed by atoms with van der Waals surface area (Å²) in [6.07, 6.45) is -3.35. The predicted molar refractivity (Wildman–Crippen MR) is 155 cm³/mol. The van der Waals surface area contributed by atoms with Gasteiger partial charge < -0.3 is 10.1 Å². The summed E-state index contributed by atoms with van der Waals surface area (Å²) in [5.74, 6) is 0.0213. The Morgan fingerprint density at radius 1 is 1.10 bits per heavy atom. The molecule has 3 amide bonds. The van der Waals surface area contributed by atoms with Crippen LogP contribution in [0.2, 0.25) is 5.02 Å². The van der Waals surface area contributed by atoms with E-state index in [1.54, 1.807) is 30.3 Å². The minimum absolute atomic E-state index is 0.0880. The lowest BCUT2D eigenvalue weighted by atomic mass is 10.0. The Hall–Kier alpha value is -4.36. The Labute approximate surface area is 247 Å². The number of aromatic nitrogens is 3. The Morgan fingerprint density at radius 3 is 2.48 bits per heavy atom. The molecule has 0 radical (unpaired) electrons. The van der Waals surface area contributed by atoms with Gasteiger partial charge in [0.05, 0.1) is 22.2 Å². The van der Waals surface area contributed by atoms with E-state index in [2.05, 4.69) is 25.1 Å². The van der Waals surface area contributed by atoms with Crippen molar-refractivity contribution in [3.8, 4) is 22.8 Å². The molecular weight excluding hydrogens is 593 g/mol. The van der Waals surface area contributed by atoms with Gasteiger partial charge in [0.1, 0.15) is 12.1 Å². The molecular formula is C28H22ClF3N6O3S. The Morgan fingerprint density at radius 2 is 1.81 bits per heavy atom. The number of benzene rings is 3. The lowest BCUT2D eigenvalue weighted by Crippen LogP contribution is -2.31. The number of alkyl halides is 3. The summed E-state index contributed by atoms with van der Waals surface area (Å²) in [7, 11) is 0. The second kappa shape index (κ2) is 11.9. The molecule has 0 aliphatic carbocycles. The number of para-hydroxylation sites is 1. The molecule has 5 rings (SSSR count). The fourth-order valence-corrected chi connectivity index (χ4v) is 5.28. The number of carbonyl (C=O) groups is 2. The highest BCUT2D eigenvalue weighted by Gasteiger charge is 2.34. The van der Waals surface area contributed by atoms with Crippen molar-refractivity contribution < 1.29 is 27.5 Å². The van der Waals surface area contributed by atoms with Crippen LogP contribution in [0.1, 0.15) is 25.3 Å². The van der Waals surface area contributed by atoms with Crippen molar-refractivity contribution >= 4 is 51.8 Å². The Kier molecular flexibility index (Phi) is 8.23. The molecule has 1 aliphatic rings. The highest BCUT2D eigenvalue weighted by atomic mass is 35.5. The van der Waals surface area contributed by atoms with Crippen LogP contribution in [0, 0.1) is 0 Å². The van der Waals surface area contributed by atoms with Crippen molar-refractivity contribution in [1.82, 2.24) is 14.8 Å². The number of urea groups is 1. The van der Waals surface area contributed by atoms with Gasteiger partial charge in [0, 0.05) is 11.3 Å². The molecule has 1 N–H and O–H groups in total. The highest BCUT2D eigenvalue weighted by molar-refractivity contribution is 8.15. The van der Waals surface area contributed by atoms with E-state index < -0.39 is 12.4 Å². The minimum Gasteiger partial charge on any atom is -0.406 e. The van der Waals surface area contributed by atoms with Crippen LogP contribution in [0.4, 0.5) is 29.3 Å². The van der Waals surface area contributed by atoms with Crippen LogP contribution in [0.25, 0.3) is 17.1 Å². The van der Waals surface area contributed by atoms with Gasteiger partial charge in [-0.15, -0.1) is 18.3 Å². The molecule has 0 unspecified atom stereocenters. The average molecular weight is 615 g/mol. The third-order valence-electron chi connectivity index (χ3n) is 6.05. The number of amides is 3. The molecule has 4 aromatic rings. The SMILES string of the molecule is CC(C)c1cccc(Cl)c1N1C(=O)CS/C1=N\C(=O)Nc1ccc(-c2ncn(-c3ccc(OC(F)(F)F)cc3)n2)cc1. The van der Waals surface area contributed by atoms with Gasteiger partial charge in [0.2, 0.25) is 5.91 Å². The van der Waals surface area contributed by atoms with Gasteiger partial charge in [0.25, 0.3) is 0 Å². The highest BCUT2D eigenvalue weighted by Crippen LogP contribution is 2.38. The molecule has 1 fully saturated rings. The number of nitrogens with zero attached hydrogens (tertiary/aromatic N) is 5. The van der Waals surface area contributed by atoms with Crippen LogP contribution in [-0.4, -0.2) is 44.0 Å². The van der Waals surface area contributed by atoms with Crippen molar-refractivity contribution in [2.45, 2.75) is 26.1 Å². The normalized spacial score (nSPS) is 14.6. The summed E-state index contributed by atoms with van der Waals surface area (Å²) in [5, 5.41) is 7.68. The van der Waals surface area contributed by atoms with Gasteiger partial charge >= 0.3 is 12.4 Å². The van der Waals surface area contributed by atoms with Crippen molar-refractivity contribution in [1.29, 1.82) is 0 Å². The molecule has 1 aliphatic heterocycles. The maximum atomic E-state index is 12.8. The van der Waals surface area contributed by atoms with E-state index in [0.717, 1.165) is 17.3 Å². The van der Waals surface area contributed by atoms with E-state index in [0.29, 0.717) is 33.5 Å². The molecule has 0 spiro atoms. The van der Waals surface area contributed by atoms with Crippen molar-refractivity contribution in [2.75, 3.05) is 16.0 Å². The monoisotopic (exact) mass is 614 g/mol. The first kappa shape index (κ1) is 29.1. The Bertz CT molecular complexity index is 1660. The summed E-state index contributed by atoms with van der Waals surface area (Å²) < 4.78 is 42.5. The smallest absolute Gasteiger partial charge is 0.406 e.